The molecule has 1 aliphatic heterocycles. The van der Waals surface area contributed by atoms with E-state index in [1.807, 2.05) is 6.92 Å². The molecule has 7 heteroatoms. The van der Waals surface area contributed by atoms with Crippen LogP contribution < -0.4 is 4.90 Å². The van der Waals surface area contributed by atoms with E-state index < -0.39 is 16.9 Å². The molecule has 0 aliphatic carbocycles. The van der Waals surface area contributed by atoms with Crippen molar-refractivity contribution in [3.63, 3.8) is 0 Å². The van der Waals surface area contributed by atoms with Crippen molar-refractivity contribution in [2.75, 3.05) is 11.4 Å². The number of nitro groups is 1. The SMILES string of the molecule is CCC1CCN(c2nc(C)ccc2[N+](=O)[O-])C(C(=O)O)C1. The lowest BCUT2D eigenvalue weighted by Crippen LogP contribution is -2.48. The summed E-state index contributed by atoms with van der Waals surface area (Å²) in [5, 5.41) is 20.6. The number of rotatable bonds is 4. The highest BCUT2D eigenvalue weighted by atomic mass is 16.6. The molecule has 0 aromatic carbocycles. The molecule has 1 saturated heterocycles. The van der Waals surface area contributed by atoms with Crippen LogP contribution in [0.2, 0.25) is 0 Å². The van der Waals surface area contributed by atoms with Crippen molar-refractivity contribution in [1.82, 2.24) is 4.98 Å². The maximum Gasteiger partial charge on any atom is 0.326 e. The van der Waals surface area contributed by atoms with E-state index in [2.05, 4.69) is 4.98 Å². The number of hydrogen-bond acceptors (Lipinski definition) is 5. The highest BCUT2D eigenvalue weighted by molar-refractivity contribution is 5.79. The Balaban J connectivity index is 2.41. The number of pyridine rings is 1. The number of piperidine rings is 1. The zero-order valence-corrected chi connectivity index (χ0v) is 12.2. The van der Waals surface area contributed by atoms with Crippen LogP contribution in [-0.4, -0.2) is 33.6 Å². The molecule has 2 rings (SSSR count). The summed E-state index contributed by atoms with van der Waals surface area (Å²) in [7, 11) is 0. The predicted molar refractivity (Wildman–Crippen MR) is 77.4 cm³/mol. The summed E-state index contributed by atoms with van der Waals surface area (Å²) in [6, 6.07) is 2.20. The molecule has 1 aliphatic rings. The highest BCUT2D eigenvalue weighted by Gasteiger charge is 2.36. The van der Waals surface area contributed by atoms with Gasteiger partial charge in [0.15, 0.2) is 0 Å². The Morgan fingerprint density at radius 3 is 2.86 bits per heavy atom. The van der Waals surface area contributed by atoms with E-state index >= 15 is 0 Å². The molecular weight excluding hydrogens is 274 g/mol. The lowest BCUT2D eigenvalue weighted by atomic mass is 9.89. The van der Waals surface area contributed by atoms with Crippen molar-refractivity contribution in [1.29, 1.82) is 0 Å². The number of aryl methyl sites for hydroxylation is 1. The fourth-order valence-corrected chi connectivity index (χ4v) is 2.79. The van der Waals surface area contributed by atoms with Gasteiger partial charge in [0, 0.05) is 18.3 Å². The number of aromatic nitrogens is 1. The normalized spacial score (nSPS) is 22.1. The first kappa shape index (κ1) is 15.2. The van der Waals surface area contributed by atoms with Gasteiger partial charge < -0.3 is 10.0 Å². The van der Waals surface area contributed by atoms with Crippen LogP contribution >= 0.6 is 0 Å². The maximum absolute atomic E-state index is 11.5. The Hall–Kier alpha value is -2.18. The van der Waals surface area contributed by atoms with E-state index in [-0.39, 0.29) is 11.5 Å². The van der Waals surface area contributed by atoms with Gasteiger partial charge in [-0.05, 0) is 31.7 Å². The smallest absolute Gasteiger partial charge is 0.326 e. The third kappa shape index (κ3) is 3.12. The molecule has 114 valence electrons. The molecule has 1 aromatic rings. The van der Waals surface area contributed by atoms with Crippen LogP contribution in [0.5, 0.6) is 0 Å². The average Bonchev–Trinajstić information content (AvgIpc) is 2.46. The Morgan fingerprint density at radius 2 is 2.29 bits per heavy atom. The van der Waals surface area contributed by atoms with Crippen molar-refractivity contribution in [2.24, 2.45) is 5.92 Å². The van der Waals surface area contributed by atoms with E-state index in [0.29, 0.717) is 24.6 Å². The van der Waals surface area contributed by atoms with Gasteiger partial charge in [-0.1, -0.05) is 13.3 Å². The summed E-state index contributed by atoms with van der Waals surface area (Å²) in [5.41, 5.74) is 0.499. The van der Waals surface area contributed by atoms with Crippen LogP contribution in [0.4, 0.5) is 11.5 Å². The zero-order valence-electron chi connectivity index (χ0n) is 12.2. The zero-order chi connectivity index (χ0) is 15.6. The van der Waals surface area contributed by atoms with Gasteiger partial charge in [0.2, 0.25) is 5.82 Å². The lowest BCUT2D eigenvalue weighted by Gasteiger charge is -2.37. The second-order valence-electron chi connectivity index (χ2n) is 5.40. The lowest BCUT2D eigenvalue weighted by molar-refractivity contribution is -0.384. The number of carbonyl (C=O) groups is 1. The van der Waals surface area contributed by atoms with Gasteiger partial charge in [0.05, 0.1) is 4.92 Å². The Kier molecular flexibility index (Phi) is 4.40. The Bertz CT molecular complexity index is 561. The molecule has 1 N–H and O–H groups in total. The van der Waals surface area contributed by atoms with E-state index in [1.54, 1.807) is 17.9 Å². The molecule has 1 aromatic heterocycles. The van der Waals surface area contributed by atoms with Crippen LogP contribution in [0.25, 0.3) is 0 Å². The van der Waals surface area contributed by atoms with Crippen molar-refractivity contribution in [2.45, 2.75) is 39.2 Å². The minimum atomic E-state index is -0.953. The van der Waals surface area contributed by atoms with E-state index in [4.69, 9.17) is 0 Å². The van der Waals surface area contributed by atoms with Crippen LogP contribution in [0, 0.1) is 23.0 Å². The molecule has 0 radical (unpaired) electrons. The van der Waals surface area contributed by atoms with Crippen LogP contribution in [0.3, 0.4) is 0 Å². The van der Waals surface area contributed by atoms with Gasteiger partial charge in [-0.3, -0.25) is 10.1 Å². The largest absolute Gasteiger partial charge is 0.480 e. The molecular formula is C14H19N3O4. The van der Waals surface area contributed by atoms with Crippen molar-refractivity contribution >= 4 is 17.5 Å². The fraction of sp³-hybridized carbons (Fsp3) is 0.571. The molecule has 2 atom stereocenters. The monoisotopic (exact) mass is 293 g/mol. The first-order chi connectivity index (χ1) is 9.93. The van der Waals surface area contributed by atoms with Gasteiger partial charge in [-0.2, -0.15) is 0 Å². The molecule has 0 amide bonds. The first-order valence-electron chi connectivity index (χ1n) is 7.05. The van der Waals surface area contributed by atoms with Gasteiger partial charge in [-0.15, -0.1) is 0 Å². The second-order valence-corrected chi connectivity index (χ2v) is 5.40. The van der Waals surface area contributed by atoms with Crippen LogP contribution in [-0.2, 0) is 4.79 Å². The summed E-state index contributed by atoms with van der Waals surface area (Å²) in [4.78, 5) is 28.0. The first-order valence-corrected chi connectivity index (χ1v) is 7.05. The minimum absolute atomic E-state index is 0.137. The summed E-state index contributed by atoms with van der Waals surface area (Å²) in [6.45, 7) is 4.25. The Morgan fingerprint density at radius 1 is 1.57 bits per heavy atom. The van der Waals surface area contributed by atoms with Gasteiger partial charge in [0.25, 0.3) is 0 Å². The standard InChI is InChI=1S/C14H19N3O4/c1-3-10-6-7-16(12(8-10)14(18)19)13-11(17(20)21)5-4-9(2)15-13/h4-5,10,12H,3,6-8H2,1-2H3,(H,18,19). The maximum atomic E-state index is 11.5. The van der Waals surface area contributed by atoms with Gasteiger partial charge >= 0.3 is 11.7 Å². The molecule has 2 unspecified atom stereocenters. The minimum Gasteiger partial charge on any atom is -0.480 e. The molecule has 0 bridgehead atoms. The molecule has 2 heterocycles. The molecule has 0 spiro atoms. The number of hydrogen-bond donors (Lipinski definition) is 1. The van der Waals surface area contributed by atoms with E-state index in [0.717, 1.165) is 12.8 Å². The molecule has 1 fully saturated rings. The second kappa shape index (κ2) is 6.07. The quantitative estimate of drug-likeness (QED) is 0.676. The molecule has 7 nitrogen and oxygen atoms in total. The molecule has 0 saturated carbocycles. The van der Waals surface area contributed by atoms with E-state index in [9.17, 15) is 20.0 Å². The third-order valence-corrected chi connectivity index (χ3v) is 4.04. The van der Waals surface area contributed by atoms with Gasteiger partial charge in [-0.25, -0.2) is 9.78 Å². The van der Waals surface area contributed by atoms with Crippen LogP contribution in [0.15, 0.2) is 12.1 Å². The molecule has 21 heavy (non-hydrogen) atoms. The summed E-state index contributed by atoms with van der Waals surface area (Å²) >= 11 is 0. The van der Waals surface area contributed by atoms with Crippen LogP contribution in [0.1, 0.15) is 31.9 Å². The Labute approximate surface area is 122 Å². The van der Waals surface area contributed by atoms with E-state index in [1.165, 1.54) is 6.07 Å². The number of anilines is 1. The number of aliphatic carboxylic acids is 1. The topological polar surface area (TPSA) is 96.6 Å². The van der Waals surface area contributed by atoms with Crippen molar-refractivity contribution < 1.29 is 14.8 Å². The average molecular weight is 293 g/mol. The van der Waals surface area contributed by atoms with Gasteiger partial charge in [0.1, 0.15) is 6.04 Å². The fourth-order valence-electron chi connectivity index (χ4n) is 2.79. The highest BCUT2D eigenvalue weighted by Crippen LogP contribution is 2.34. The third-order valence-electron chi connectivity index (χ3n) is 4.04. The predicted octanol–water partition coefficient (Wildman–Crippen LogP) is 2.38. The number of carboxylic acids is 1. The summed E-state index contributed by atoms with van der Waals surface area (Å²) < 4.78 is 0. The number of carboxylic acid groups (broad SMARTS) is 1. The summed E-state index contributed by atoms with van der Waals surface area (Å²) in [6.07, 6.45) is 2.24. The number of nitrogens with zero attached hydrogens (tertiary/aromatic N) is 3. The van der Waals surface area contributed by atoms with Crippen molar-refractivity contribution in [3.05, 3.63) is 27.9 Å². The summed E-state index contributed by atoms with van der Waals surface area (Å²) in [5.74, 6) is -0.445. The van der Waals surface area contributed by atoms with Crippen molar-refractivity contribution in [3.8, 4) is 0 Å².